The van der Waals surface area contributed by atoms with Crippen molar-refractivity contribution in [3.8, 4) is 0 Å². The topological polar surface area (TPSA) is 63.6 Å². The third-order valence-electron chi connectivity index (χ3n) is 10.3. The molecule has 4 heteroatoms. The molecule has 0 rings (SSSR count). The Labute approximate surface area is 314 Å². The molecule has 1 unspecified atom stereocenters. The van der Waals surface area contributed by atoms with Gasteiger partial charge in [0.1, 0.15) is 0 Å². The van der Waals surface area contributed by atoms with Crippen molar-refractivity contribution in [1.82, 2.24) is 0 Å². The molecule has 0 spiro atoms. The number of hydrogen-bond donors (Lipinski definition) is 1. The number of hydrogen-bond acceptors (Lipinski definition) is 3. The lowest BCUT2D eigenvalue weighted by Crippen LogP contribution is -2.13. The Morgan fingerprint density at radius 2 is 0.680 bits per heavy atom. The van der Waals surface area contributed by atoms with Gasteiger partial charge in [-0.25, -0.2) is 4.79 Å². The van der Waals surface area contributed by atoms with Crippen molar-refractivity contribution in [1.29, 1.82) is 0 Å². The quantitative estimate of drug-likeness (QED) is 0.0391. The van der Waals surface area contributed by atoms with Crippen LogP contribution in [-0.4, -0.2) is 23.7 Å². The minimum absolute atomic E-state index is 0.0943. The van der Waals surface area contributed by atoms with Crippen LogP contribution in [0.15, 0.2) is 12.7 Å². The van der Waals surface area contributed by atoms with E-state index < -0.39 is 5.97 Å². The zero-order valence-electron chi connectivity index (χ0n) is 34.4. The summed E-state index contributed by atoms with van der Waals surface area (Å²) in [7, 11) is 0. The number of esters is 1. The molecule has 0 aliphatic carbocycles. The lowest BCUT2D eigenvalue weighted by Gasteiger charge is -2.11. The molecule has 0 saturated heterocycles. The Balaban J connectivity index is 0. The number of carbonyl (C=O) groups is 2. The molecular formula is C46H90O4. The number of carboxylic acid groups (broad SMARTS) is 1. The number of aliphatic carboxylic acids is 1. The number of unbranched alkanes of at least 4 members (excludes halogenated alkanes) is 32. The minimum Gasteiger partial charge on any atom is -0.481 e. The second-order valence-electron chi connectivity index (χ2n) is 15.3. The molecule has 0 aromatic rings. The van der Waals surface area contributed by atoms with Crippen LogP contribution in [0, 0.1) is 5.92 Å². The van der Waals surface area contributed by atoms with Gasteiger partial charge in [-0.05, 0) is 19.3 Å². The van der Waals surface area contributed by atoms with E-state index in [0.717, 1.165) is 32.1 Å². The van der Waals surface area contributed by atoms with Gasteiger partial charge < -0.3 is 9.84 Å². The van der Waals surface area contributed by atoms with Crippen molar-refractivity contribution in [3.63, 3.8) is 0 Å². The summed E-state index contributed by atoms with van der Waals surface area (Å²) in [5.41, 5.74) is 0. The minimum atomic E-state index is -0.577. The van der Waals surface area contributed by atoms with Crippen LogP contribution in [-0.2, 0) is 14.3 Å². The monoisotopic (exact) mass is 707 g/mol. The molecule has 4 nitrogen and oxygen atoms in total. The van der Waals surface area contributed by atoms with Crippen LogP contribution in [0.25, 0.3) is 0 Å². The molecule has 0 aromatic carbocycles. The number of carbonyl (C=O) groups excluding carboxylic acids is 1. The molecule has 0 fully saturated rings. The summed E-state index contributed by atoms with van der Waals surface area (Å²) in [5.74, 6) is -0.971. The fourth-order valence-corrected chi connectivity index (χ4v) is 6.85. The van der Waals surface area contributed by atoms with Gasteiger partial charge in [-0.15, -0.1) is 0 Å². The Morgan fingerprint density at radius 1 is 0.440 bits per heavy atom. The standard InChI is InChI=1S/C25H50O2.C21H40O2/c1-3-5-7-8-9-10-11-12-13-14-15-16-17-18-19-21-23-24(25(26)27)22-20-6-4-2;1-3-5-6-7-8-9-10-11-12-13-14-15-16-17-18-19-20-23-21(22)4-2/h24H,3-23H2,1-2H3,(H,26,27);4H,2-3,5-20H2,1H3. The summed E-state index contributed by atoms with van der Waals surface area (Å²) in [5, 5.41) is 9.30. The summed E-state index contributed by atoms with van der Waals surface area (Å²) in [6, 6.07) is 0. The smallest absolute Gasteiger partial charge is 0.330 e. The second kappa shape index (κ2) is 45.7. The number of rotatable bonds is 40. The average molecular weight is 707 g/mol. The van der Waals surface area contributed by atoms with Crippen molar-refractivity contribution in [2.75, 3.05) is 6.61 Å². The summed E-state index contributed by atoms with van der Waals surface area (Å²) < 4.78 is 4.95. The van der Waals surface area contributed by atoms with E-state index in [2.05, 4.69) is 27.4 Å². The first kappa shape index (κ1) is 50.8. The summed E-state index contributed by atoms with van der Waals surface area (Å²) in [4.78, 5) is 22.1. The third kappa shape index (κ3) is 44.7. The van der Waals surface area contributed by atoms with Gasteiger partial charge in [-0.3, -0.25) is 4.79 Å². The highest BCUT2D eigenvalue weighted by molar-refractivity contribution is 5.81. The zero-order valence-corrected chi connectivity index (χ0v) is 34.4. The molecule has 0 aliphatic rings. The second-order valence-corrected chi connectivity index (χ2v) is 15.3. The lowest BCUT2D eigenvalue weighted by molar-refractivity contribution is -0.142. The number of ether oxygens (including phenoxy) is 1. The molecule has 0 saturated carbocycles. The van der Waals surface area contributed by atoms with Gasteiger partial charge in [0.25, 0.3) is 0 Å². The first-order valence-electron chi connectivity index (χ1n) is 22.5. The maximum Gasteiger partial charge on any atom is 0.330 e. The van der Waals surface area contributed by atoms with Crippen molar-refractivity contribution < 1.29 is 19.4 Å². The maximum absolute atomic E-state index is 11.3. The molecule has 0 heterocycles. The average Bonchev–Trinajstić information content (AvgIpc) is 3.12. The molecule has 0 bridgehead atoms. The van der Waals surface area contributed by atoms with Crippen LogP contribution in [0.4, 0.5) is 0 Å². The van der Waals surface area contributed by atoms with E-state index in [1.807, 2.05) is 0 Å². The van der Waals surface area contributed by atoms with E-state index in [0.29, 0.717) is 6.61 Å². The SMILES string of the molecule is C=CC(=O)OCCCCCCCCCCCCCCCCCC.CCCCCCCCCCCCCCCCCCC(CCCCC)C(=O)O. The summed E-state index contributed by atoms with van der Waals surface area (Å²) >= 11 is 0. The van der Waals surface area contributed by atoms with E-state index in [-0.39, 0.29) is 11.9 Å². The van der Waals surface area contributed by atoms with Crippen LogP contribution in [0.1, 0.15) is 258 Å². The van der Waals surface area contributed by atoms with Crippen molar-refractivity contribution in [2.45, 2.75) is 258 Å². The molecule has 0 amide bonds. The molecule has 0 aliphatic heterocycles. The van der Waals surface area contributed by atoms with E-state index in [1.165, 1.54) is 212 Å². The van der Waals surface area contributed by atoms with Gasteiger partial charge in [0.05, 0.1) is 12.5 Å². The van der Waals surface area contributed by atoms with E-state index in [4.69, 9.17) is 4.74 Å². The predicted octanol–water partition coefficient (Wildman–Crippen LogP) is 15.9. The van der Waals surface area contributed by atoms with Gasteiger partial charge in [0.15, 0.2) is 0 Å². The highest BCUT2D eigenvalue weighted by Crippen LogP contribution is 2.20. The molecule has 1 atom stereocenters. The van der Waals surface area contributed by atoms with Crippen LogP contribution < -0.4 is 0 Å². The Bertz CT molecular complexity index is 675. The summed E-state index contributed by atoms with van der Waals surface area (Å²) in [6.07, 6.45) is 50.1. The Hall–Kier alpha value is -1.32. The molecular weight excluding hydrogens is 617 g/mol. The van der Waals surface area contributed by atoms with Gasteiger partial charge in [0.2, 0.25) is 0 Å². The predicted molar refractivity (Wildman–Crippen MR) is 220 cm³/mol. The van der Waals surface area contributed by atoms with Gasteiger partial charge >= 0.3 is 11.9 Å². The summed E-state index contributed by atoms with van der Waals surface area (Å²) in [6.45, 7) is 10.7. The largest absolute Gasteiger partial charge is 0.481 e. The van der Waals surface area contributed by atoms with Crippen molar-refractivity contribution in [2.24, 2.45) is 5.92 Å². The fraction of sp³-hybridized carbons (Fsp3) is 0.913. The van der Waals surface area contributed by atoms with Gasteiger partial charge in [-0.2, -0.15) is 0 Å². The van der Waals surface area contributed by atoms with Crippen molar-refractivity contribution in [3.05, 3.63) is 12.7 Å². The first-order chi connectivity index (χ1) is 24.5. The Morgan fingerprint density at radius 3 is 0.960 bits per heavy atom. The highest BCUT2D eigenvalue weighted by Gasteiger charge is 2.16. The number of carboxylic acids is 1. The van der Waals surface area contributed by atoms with Crippen molar-refractivity contribution >= 4 is 11.9 Å². The van der Waals surface area contributed by atoms with E-state index in [1.54, 1.807) is 0 Å². The van der Waals surface area contributed by atoms with E-state index >= 15 is 0 Å². The fourth-order valence-electron chi connectivity index (χ4n) is 6.85. The molecule has 50 heavy (non-hydrogen) atoms. The third-order valence-corrected chi connectivity index (χ3v) is 10.3. The molecule has 298 valence electrons. The van der Waals surface area contributed by atoms with Gasteiger partial charge in [0, 0.05) is 6.08 Å². The highest BCUT2D eigenvalue weighted by atomic mass is 16.5. The zero-order chi connectivity index (χ0) is 37.0. The lowest BCUT2D eigenvalue weighted by atomic mass is 9.94. The van der Waals surface area contributed by atoms with Gasteiger partial charge in [-0.1, -0.05) is 246 Å². The van der Waals surface area contributed by atoms with Crippen LogP contribution >= 0.6 is 0 Å². The normalized spacial score (nSPS) is 11.6. The maximum atomic E-state index is 11.3. The molecule has 1 N–H and O–H groups in total. The van der Waals surface area contributed by atoms with Crippen LogP contribution in [0.3, 0.4) is 0 Å². The Kier molecular flexibility index (Phi) is 46.4. The molecule has 0 radical (unpaired) electrons. The van der Waals surface area contributed by atoms with Crippen LogP contribution in [0.2, 0.25) is 0 Å². The first-order valence-corrected chi connectivity index (χ1v) is 22.5. The van der Waals surface area contributed by atoms with Crippen LogP contribution in [0.5, 0.6) is 0 Å². The van der Waals surface area contributed by atoms with E-state index in [9.17, 15) is 14.7 Å². The molecule has 0 aromatic heterocycles.